The van der Waals surface area contributed by atoms with Crippen molar-refractivity contribution in [3.8, 4) is 0 Å². The SMILES string of the molecule is Cc1cnccc1CNC(C)c1nccnc1C. The Morgan fingerprint density at radius 3 is 2.67 bits per heavy atom. The van der Waals surface area contributed by atoms with Crippen LogP contribution in [-0.2, 0) is 6.54 Å². The molecule has 2 aromatic heterocycles. The molecule has 1 atom stereocenters. The second kappa shape index (κ2) is 5.69. The van der Waals surface area contributed by atoms with E-state index in [9.17, 15) is 0 Å². The van der Waals surface area contributed by atoms with Crippen molar-refractivity contribution in [3.63, 3.8) is 0 Å². The van der Waals surface area contributed by atoms with Crippen molar-refractivity contribution in [2.45, 2.75) is 33.4 Å². The van der Waals surface area contributed by atoms with Gasteiger partial charge in [-0.05, 0) is 38.0 Å². The lowest BCUT2D eigenvalue weighted by molar-refractivity contribution is 0.554. The van der Waals surface area contributed by atoms with Gasteiger partial charge in [-0.1, -0.05) is 0 Å². The van der Waals surface area contributed by atoms with E-state index in [0.717, 1.165) is 17.9 Å². The van der Waals surface area contributed by atoms with E-state index in [1.165, 1.54) is 11.1 Å². The summed E-state index contributed by atoms with van der Waals surface area (Å²) in [6.45, 7) is 6.97. The molecule has 2 heterocycles. The zero-order valence-electron chi connectivity index (χ0n) is 11.0. The minimum Gasteiger partial charge on any atom is -0.305 e. The fourth-order valence-corrected chi connectivity index (χ4v) is 1.90. The van der Waals surface area contributed by atoms with Gasteiger partial charge in [-0.25, -0.2) is 0 Å². The van der Waals surface area contributed by atoms with Gasteiger partial charge in [-0.3, -0.25) is 15.0 Å². The molecule has 0 aliphatic rings. The molecule has 94 valence electrons. The van der Waals surface area contributed by atoms with Gasteiger partial charge in [-0.15, -0.1) is 0 Å². The molecule has 4 nitrogen and oxygen atoms in total. The number of rotatable bonds is 4. The van der Waals surface area contributed by atoms with E-state index in [-0.39, 0.29) is 6.04 Å². The van der Waals surface area contributed by atoms with E-state index < -0.39 is 0 Å². The van der Waals surface area contributed by atoms with Crippen LogP contribution in [0.15, 0.2) is 30.9 Å². The van der Waals surface area contributed by atoms with Crippen molar-refractivity contribution < 1.29 is 0 Å². The average Bonchev–Trinajstić information content (AvgIpc) is 2.38. The second-order valence-corrected chi connectivity index (χ2v) is 4.43. The van der Waals surface area contributed by atoms with E-state index in [1.54, 1.807) is 12.4 Å². The predicted octanol–water partition coefficient (Wildman–Crippen LogP) is 2.34. The molecule has 4 heteroatoms. The van der Waals surface area contributed by atoms with Crippen LogP contribution >= 0.6 is 0 Å². The van der Waals surface area contributed by atoms with Gasteiger partial charge in [0.1, 0.15) is 0 Å². The molecule has 1 unspecified atom stereocenters. The van der Waals surface area contributed by atoms with Crippen molar-refractivity contribution >= 4 is 0 Å². The van der Waals surface area contributed by atoms with Crippen LogP contribution in [0.1, 0.15) is 35.5 Å². The van der Waals surface area contributed by atoms with Crippen molar-refractivity contribution in [3.05, 3.63) is 53.4 Å². The van der Waals surface area contributed by atoms with Gasteiger partial charge < -0.3 is 5.32 Å². The Hall–Kier alpha value is -1.81. The van der Waals surface area contributed by atoms with Crippen LogP contribution in [0.4, 0.5) is 0 Å². The molecular weight excluding hydrogens is 224 g/mol. The Balaban J connectivity index is 2.03. The molecule has 18 heavy (non-hydrogen) atoms. The molecule has 0 bridgehead atoms. The largest absolute Gasteiger partial charge is 0.305 e. The highest BCUT2D eigenvalue weighted by molar-refractivity contribution is 5.21. The number of nitrogens with zero attached hydrogens (tertiary/aromatic N) is 3. The number of hydrogen-bond donors (Lipinski definition) is 1. The highest BCUT2D eigenvalue weighted by Gasteiger charge is 2.10. The topological polar surface area (TPSA) is 50.7 Å². The van der Waals surface area contributed by atoms with Crippen molar-refractivity contribution in [1.29, 1.82) is 0 Å². The van der Waals surface area contributed by atoms with Gasteiger partial charge in [0, 0.05) is 37.4 Å². The zero-order chi connectivity index (χ0) is 13.0. The highest BCUT2D eigenvalue weighted by atomic mass is 14.9. The van der Waals surface area contributed by atoms with E-state index in [0.29, 0.717) is 0 Å². The fourth-order valence-electron chi connectivity index (χ4n) is 1.90. The van der Waals surface area contributed by atoms with Crippen LogP contribution < -0.4 is 5.32 Å². The Bertz CT molecular complexity index is 525. The summed E-state index contributed by atoms with van der Waals surface area (Å²) in [6, 6.07) is 2.23. The minimum atomic E-state index is 0.186. The number of hydrogen-bond acceptors (Lipinski definition) is 4. The van der Waals surface area contributed by atoms with Crippen LogP contribution in [-0.4, -0.2) is 15.0 Å². The summed E-state index contributed by atoms with van der Waals surface area (Å²) in [5, 5.41) is 3.47. The highest BCUT2D eigenvalue weighted by Crippen LogP contribution is 2.13. The van der Waals surface area contributed by atoms with Crippen molar-refractivity contribution in [2.24, 2.45) is 0 Å². The molecule has 0 saturated carbocycles. The normalized spacial score (nSPS) is 12.4. The van der Waals surface area contributed by atoms with Gasteiger partial charge in [0.05, 0.1) is 11.4 Å². The molecular formula is C14H18N4. The minimum absolute atomic E-state index is 0.186. The van der Waals surface area contributed by atoms with E-state index in [4.69, 9.17) is 0 Å². The van der Waals surface area contributed by atoms with Gasteiger partial charge >= 0.3 is 0 Å². The molecule has 2 aromatic rings. The number of pyridine rings is 1. The lowest BCUT2D eigenvalue weighted by Crippen LogP contribution is -2.20. The monoisotopic (exact) mass is 242 g/mol. The van der Waals surface area contributed by atoms with Crippen molar-refractivity contribution in [1.82, 2.24) is 20.3 Å². The molecule has 0 fully saturated rings. The maximum absolute atomic E-state index is 4.38. The van der Waals surface area contributed by atoms with Crippen LogP contribution in [0, 0.1) is 13.8 Å². The Kier molecular flexibility index (Phi) is 3.99. The Labute approximate surface area is 108 Å². The second-order valence-electron chi connectivity index (χ2n) is 4.43. The number of aryl methyl sites for hydroxylation is 2. The summed E-state index contributed by atoms with van der Waals surface area (Å²) in [7, 11) is 0. The van der Waals surface area contributed by atoms with Gasteiger partial charge in [0.15, 0.2) is 0 Å². The summed E-state index contributed by atoms with van der Waals surface area (Å²) in [5.74, 6) is 0. The smallest absolute Gasteiger partial charge is 0.0782 e. The van der Waals surface area contributed by atoms with E-state index in [1.807, 2.05) is 25.4 Å². The molecule has 0 aliphatic carbocycles. The van der Waals surface area contributed by atoms with Crippen LogP contribution in [0.2, 0.25) is 0 Å². The van der Waals surface area contributed by atoms with Gasteiger partial charge in [0.25, 0.3) is 0 Å². The molecule has 0 aliphatic heterocycles. The summed E-state index contributed by atoms with van der Waals surface area (Å²) in [6.07, 6.45) is 7.16. The lowest BCUT2D eigenvalue weighted by atomic mass is 10.1. The summed E-state index contributed by atoms with van der Waals surface area (Å²) < 4.78 is 0. The molecule has 0 aromatic carbocycles. The first-order chi connectivity index (χ1) is 8.68. The number of nitrogens with one attached hydrogen (secondary N) is 1. The first-order valence-corrected chi connectivity index (χ1v) is 6.09. The van der Waals surface area contributed by atoms with Gasteiger partial charge in [-0.2, -0.15) is 0 Å². The number of aromatic nitrogens is 3. The van der Waals surface area contributed by atoms with E-state index in [2.05, 4.69) is 34.1 Å². The third-order valence-corrected chi connectivity index (χ3v) is 3.06. The maximum atomic E-state index is 4.38. The van der Waals surface area contributed by atoms with Crippen LogP contribution in [0.3, 0.4) is 0 Å². The van der Waals surface area contributed by atoms with Crippen LogP contribution in [0.25, 0.3) is 0 Å². The summed E-state index contributed by atoms with van der Waals surface area (Å²) in [4.78, 5) is 12.7. The Morgan fingerprint density at radius 2 is 1.94 bits per heavy atom. The molecule has 1 N–H and O–H groups in total. The summed E-state index contributed by atoms with van der Waals surface area (Å²) >= 11 is 0. The molecule has 0 amide bonds. The van der Waals surface area contributed by atoms with E-state index >= 15 is 0 Å². The van der Waals surface area contributed by atoms with Gasteiger partial charge in [0.2, 0.25) is 0 Å². The molecule has 0 radical (unpaired) electrons. The van der Waals surface area contributed by atoms with Crippen LogP contribution in [0.5, 0.6) is 0 Å². The zero-order valence-corrected chi connectivity index (χ0v) is 11.0. The third kappa shape index (κ3) is 2.90. The quantitative estimate of drug-likeness (QED) is 0.894. The summed E-state index contributed by atoms with van der Waals surface area (Å²) in [5.41, 5.74) is 4.44. The molecule has 2 rings (SSSR count). The maximum Gasteiger partial charge on any atom is 0.0782 e. The molecule has 0 saturated heterocycles. The van der Waals surface area contributed by atoms with Crippen molar-refractivity contribution in [2.75, 3.05) is 0 Å². The lowest BCUT2D eigenvalue weighted by Gasteiger charge is -2.15. The predicted molar refractivity (Wildman–Crippen MR) is 71.0 cm³/mol. The molecule has 0 spiro atoms. The fraction of sp³-hybridized carbons (Fsp3) is 0.357. The third-order valence-electron chi connectivity index (χ3n) is 3.06. The first kappa shape index (κ1) is 12.6. The first-order valence-electron chi connectivity index (χ1n) is 6.09. The average molecular weight is 242 g/mol. The Morgan fingerprint density at radius 1 is 1.17 bits per heavy atom. The standard InChI is InChI=1S/C14H18N4/c1-10-8-15-5-4-13(10)9-18-12(3)14-11(2)16-6-7-17-14/h4-8,12,18H,9H2,1-3H3.